The average Bonchev–Trinajstić information content (AvgIpc) is 3.09. The number of hydrogen-bond donors (Lipinski definition) is 2. The normalized spacial score (nSPS) is 14.2. The number of unbranched alkanes of at least 4 members (excludes halogenated alkanes) is 2. The number of aromatic nitrogens is 1. The highest BCUT2D eigenvalue weighted by Crippen LogP contribution is 2.31. The van der Waals surface area contributed by atoms with Crippen LogP contribution in [0.25, 0.3) is 0 Å². The number of H-pyrrole nitrogens is 1. The molecule has 162 valence electrons. The Morgan fingerprint density at radius 3 is 2.73 bits per heavy atom. The van der Waals surface area contributed by atoms with E-state index in [1.807, 2.05) is 32.0 Å². The third-order valence-corrected chi connectivity index (χ3v) is 5.70. The summed E-state index contributed by atoms with van der Waals surface area (Å²) < 4.78 is 11.3. The van der Waals surface area contributed by atoms with Gasteiger partial charge in [0.25, 0.3) is 5.91 Å². The predicted octanol–water partition coefficient (Wildman–Crippen LogP) is 4.91. The zero-order valence-corrected chi connectivity index (χ0v) is 18.4. The van der Waals surface area contributed by atoms with E-state index in [4.69, 9.17) is 9.47 Å². The molecule has 0 fully saturated rings. The van der Waals surface area contributed by atoms with Gasteiger partial charge in [-0.1, -0.05) is 25.8 Å². The summed E-state index contributed by atoms with van der Waals surface area (Å²) in [5, 5.41) is 3.03. The smallest absolute Gasteiger partial charge is 0.268 e. The van der Waals surface area contributed by atoms with E-state index < -0.39 is 0 Å². The first-order chi connectivity index (χ1) is 14.5. The van der Waals surface area contributed by atoms with E-state index in [1.165, 1.54) is 0 Å². The van der Waals surface area contributed by atoms with Gasteiger partial charge >= 0.3 is 0 Å². The van der Waals surface area contributed by atoms with Gasteiger partial charge in [-0.05, 0) is 56.4 Å². The number of hydrogen-bond acceptors (Lipinski definition) is 4. The van der Waals surface area contributed by atoms with Crippen molar-refractivity contribution < 1.29 is 19.1 Å². The molecule has 30 heavy (non-hydrogen) atoms. The highest BCUT2D eigenvalue weighted by Gasteiger charge is 2.27. The standard InChI is InChI=1S/C24H32N2O4/c1-5-6-7-13-30-20-12-11-17(14-21(20)29-4)16(3)25-24(28)23-15(2)22-18(26-23)9-8-10-19(22)27/h11-12,14,16,26H,5-10,13H2,1-4H3,(H,25,28). The van der Waals surface area contributed by atoms with Gasteiger partial charge in [-0.25, -0.2) is 0 Å². The molecule has 0 spiro atoms. The maximum Gasteiger partial charge on any atom is 0.268 e. The summed E-state index contributed by atoms with van der Waals surface area (Å²) in [5.74, 6) is 1.28. The van der Waals surface area contributed by atoms with Gasteiger partial charge in [0.1, 0.15) is 5.69 Å². The van der Waals surface area contributed by atoms with Crippen molar-refractivity contribution >= 4 is 11.7 Å². The van der Waals surface area contributed by atoms with Crippen molar-refractivity contribution in [2.24, 2.45) is 0 Å². The summed E-state index contributed by atoms with van der Waals surface area (Å²) >= 11 is 0. The van der Waals surface area contributed by atoms with Crippen LogP contribution in [0, 0.1) is 6.92 Å². The lowest BCUT2D eigenvalue weighted by molar-refractivity contribution is 0.0934. The van der Waals surface area contributed by atoms with E-state index in [1.54, 1.807) is 7.11 Å². The van der Waals surface area contributed by atoms with Crippen LogP contribution in [-0.4, -0.2) is 30.4 Å². The average molecular weight is 413 g/mol. The molecule has 6 nitrogen and oxygen atoms in total. The van der Waals surface area contributed by atoms with Crippen LogP contribution in [0.3, 0.4) is 0 Å². The molecule has 1 unspecified atom stereocenters. The fourth-order valence-corrected chi connectivity index (χ4v) is 3.96. The number of amides is 1. The highest BCUT2D eigenvalue weighted by atomic mass is 16.5. The van der Waals surface area contributed by atoms with E-state index in [2.05, 4.69) is 17.2 Å². The Morgan fingerprint density at radius 2 is 2.03 bits per heavy atom. The third kappa shape index (κ3) is 4.69. The summed E-state index contributed by atoms with van der Waals surface area (Å²) in [4.78, 5) is 28.3. The minimum Gasteiger partial charge on any atom is -0.493 e. The second-order valence-corrected chi connectivity index (χ2v) is 7.92. The summed E-state index contributed by atoms with van der Waals surface area (Å²) in [7, 11) is 1.62. The van der Waals surface area contributed by atoms with Crippen LogP contribution < -0.4 is 14.8 Å². The third-order valence-electron chi connectivity index (χ3n) is 5.70. The Morgan fingerprint density at radius 1 is 1.23 bits per heavy atom. The SMILES string of the molecule is CCCCCOc1ccc(C(C)NC(=O)c2[nH]c3c(c2C)C(=O)CCC3)cc1OC. The van der Waals surface area contributed by atoms with Crippen molar-refractivity contribution in [3.8, 4) is 11.5 Å². The van der Waals surface area contributed by atoms with Gasteiger partial charge in [0.05, 0.1) is 19.8 Å². The van der Waals surface area contributed by atoms with Crippen LogP contribution in [0.4, 0.5) is 0 Å². The molecule has 3 rings (SSSR count). The first-order valence-electron chi connectivity index (χ1n) is 10.8. The van der Waals surface area contributed by atoms with E-state index in [9.17, 15) is 9.59 Å². The van der Waals surface area contributed by atoms with Gasteiger partial charge in [-0.15, -0.1) is 0 Å². The number of methoxy groups -OCH3 is 1. The predicted molar refractivity (Wildman–Crippen MR) is 117 cm³/mol. The van der Waals surface area contributed by atoms with Crippen molar-refractivity contribution in [2.45, 2.75) is 65.3 Å². The maximum atomic E-state index is 12.9. The molecule has 2 aromatic rings. The number of aromatic amines is 1. The summed E-state index contributed by atoms with van der Waals surface area (Å²) in [6.07, 6.45) is 5.48. The Bertz CT molecular complexity index is 916. The summed E-state index contributed by atoms with van der Waals surface area (Å²) in [6, 6.07) is 5.51. The largest absolute Gasteiger partial charge is 0.493 e. The number of benzene rings is 1. The first kappa shape index (κ1) is 21.9. The van der Waals surface area contributed by atoms with Crippen molar-refractivity contribution in [2.75, 3.05) is 13.7 Å². The van der Waals surface area contributed by atoms with E-state index >= 15 is 0 Å². The lowest BCUT2D eigenvalue weighted by Crippen LogP contribution is -2.27. The summed E-state index contributed by atoms with van der Waals surface area (Å²) in [5.41, 5.74) is 3.72. The van der Waals surface area contributed by atoms with Crippen molar-refractivity contribution in [3.05, 3.63) is 46.3 Å². The van der Waals surface area contributed by atoms with Gasteiger partial charge in [0.15, 0.2) is 17.3 Å². The fraction of sp³-hybridized carbons (Fsp3) is 0.500. The van der Waals surface area contributed by atoms with Crippen LogP contribution in [0.2, 0.25) is 0 Å². The van der Waals surface area contributed by atoms with Gasteiger partial charge in [-0.3, -0.25) is 9.59 Å². The number of aryl methyl sites for hydroxylation is 1. The van der Waals surface area contributed by atoms with Gasteiger partial charge in [0, 0.05) is 17.7 Å². The Balaban J connectivity index is 1.70. The number of carbonyl (C=O) groups excluding carboxylic acids is 2. The van der Waals surface area contributed by atoms with Crippen LogP contribution in [0.15, 0.2) is 18.2 Å². The molecule has 1 aromatic heterocycles. The molecular formula is C24H32N2O4. The van der Waals surface area contributed by atoms with E-state index in [-0.39, 0.29) is 17.7 Å². The number of carbonyl (C=O) groups is 2. The van der Waals surface area contributed by atoms with Crippen molar-refractivity contribution in [1.82, 2.24) is 10.3 Å². The maximum absolute atomic E-state index is 12.9. The second-order valence-electron chi connectivity index (χ2n) is 7.92. The lowest BCUT2D eigenvalue weighted by Gasteiger charge is -2.17. The second kappa shape index (κ2) is 9.83. The molecule has 0 radical (unpaired) electrons. The molecule has 1 aromatic carbocycles. The van der Waals surface area contributed by atoms with E-state index in [0.717, 1.165) is 48.9 Å². The molecule has 0 saturated carbocycles. The van der Waals surface area contributed by atoms with Crippen molar-refractivity contribution in [1.29, 1.82) is 0 Å². The number of fused-ring (bicyclic) bond motifs is 1. The Hall–Kier alpha value is -2.76. The van der Waals surface area contributed by atoms with Gasteiger partial charge in [-0.2, -0.15) is 0 Å². The minimum absolute atomic E-state index is 0.122. The van der Waals surface area contributed by atoms with E-state index in [0.29, 0.717) is 35.8 Å². The van der Waals surface area contributed by atoms with Gasteiger partial charge < -0.3 is 19.8 Å². The topological polar surface area (TPSA) is 80.4 Å². The Kier molecular flexibility index (Phi) is 7.19. The van der Waals surface area contributed by atoms with Crippen LogP contribution in [-0.2, 0) is 6.42 Å². The molecule has 1 heterocycles. The molecule has 0 aliphatic heterocycles. The van der Waals surface area contributed by atoms with Crippen LogP contribution in [0.1, 0.15) is 89.7 Å². The van der Waals surface area contributed by atoms with Crippen LogP contribution in [0.5, 0.6) is 11.5 Å². The monoisotopic (exact) mass is 412 g/mol. The zero-order chi connectivity index (χ0) is 21.7. The molecule has 1 aliphatic carbocycles. The molecule has 6 heteroatoms. The molecule has 0 bridgehead atoms. The number of ketones is 1. The number of Topliss-reactive ketones (excluding diaryl/α,β-unsaturated/α-hetero) is 1. The van der Waals surface area contributed by atoms with Crippen LogP contribution >= 0.6 is 0 Å². The minimum atomic E-state index is -0.226. The highest BCUT2D eigenvalue weighted by molar-refractivity contribution is 6.04. The Labute approximate surface area is 178 Å². The lowest BCUT2D eigenvalue weighted by atomic mass is 9.94. The fourth-order valence-electron chi connectivity index (χ4n) is 3.96. The zero-order valence-electron chi connectivity index (χ0n) is 18.4. The molecular weight excluding hydrogens is 380 g/mol. The molecule has 0 saturated heterocycles. The summed E-state index contributed by atoms with van der Waals surface area (Å²) in [6.45, 7) is 6.59. The van der Waals surface area contributed by atoms with Gasteiger partial charge in [0.2, 0.25) is 0 Å². The molecule has 2 N–H and O–H groups in total. The first-order valence-corrected chi connectivity index (χ1v) is 10.8. The molecule has 1 aliphatic rings. The number of ether oxygens (including phenoxy) is 2. The molecule has 1 amide bonds. The number of nitrogens with one attached hydrogen (secondary N) is 2. The van der Waals surface area contributed by atoms with Crippen molar-refractivity contribution in [3.63, 3.8) is 0 Å². The quantitative estimate of drug-likeness (QED) is 0.574. The number of rotatable bonds is 9. The molecule has 1 atom stereocenters.